The first-order valence-corrected chi connectivity index (χ1v) is 12.2. The molecule has 0 aliphatic carbocycles. The predicted octanol–water partition coefficient (Wildman–Crippen LogP) is 5.49. The van der Waals surface area contributed by atoms with Crippen molar-refractivity contribution in [3.05, 3.63) is 79.0 Å². The van der Waals surface area contributed by atoms with E-state index in [-0.39, 0.29) is 11.8 Å². The topological polar surface area (TPSA) is 103 Å². The number of carbonyl (C=O) groups is 1. The van der Waals surface area contributed by atoms with Crippen LogP contribution in [0, 0.1) is 12.8 Å². The van der Waals surface area contributed by atoms with E-state index in [1.165, 1.54) is 6.33 Å². The minimum absolute atomic E-state index is 0.0205. The number of hydrogen-bond acceptors (Lipinski definition) is 7. The van der Waals surface area contributed by atoms with Crippen LogP contribution in [0.5, 0.6) is 11.5 Å². The lowest BCUT2D eigenvalue weighted by atomic mass is 9.99. The summed E-state index contributed by atoms with van der Waals surface area (Å²) in [6, 6.07) is 15.4. The molecule has 9 nitrogen and oxygen atoms in total. The van der Waals surface area contributed by atoms with E-state index in [1.807, 2.05) is 72.2 Å². The van der Waals surface area contributed by atoms with Gasteiger partial charge >= 0.3 is 0 Å². The van der Waals surface area contributed by atoms with E-state index in [1.54, 1.807) is 6.20 Å². The molecule has 186 valence electrons. The SMILES string of the molecule is Cc1cc(Nc2ncnc3ccc(NC(=O)C4CCOCC4)cc23)ccc1Oc1ccn2ccnc2c1. The molecule has 2 aromatic carbocycles. The molecule has 1 saturated heterocycles. The summed E-state index contributed by atoms with van der Waals surface area (Å²) in [5, 5.41) is 7.26. The molecule has 3 aromatic heterocycles. The molecule has 0 unspecified atom stereocenters. The van der Waals surface area contributed by atoms with Gasteiger partial charge in [0.1, 0.15) is 29.3 Å². The van der Waals surface area contributed by atoms with Crippen molar-refractivity contribution in [1.82, 2.24) is 19.4 Å². The summed E-state index contributed by atoms with van der Waals surface area (Å²) in [5.41, 5.74) is 4.16. The van der Waals surface area contributed by atoms with E-state index < -0.39 is 0 Å². The van der Waals surface area contributed by atoms with Crippen molar-refractivity contribution in [3.8, 4) is 11.5 Å². The molecular formula is C28H26N6O3. The summed E-state index contributed by atoms with van der Waals surface area (Å²) >= 11 is 0. The first-order valence-electron chi connectivity index (χ1n) is 12.2. The second-order valence-electron chi connectivity index (χ2n) is 9.09. The summed E-state index contributed by atoms with van der Waals surface area (Å²) in [6.45, 7) is 3.25. The lowest BCUT2D eigenvalue weighted by Crippen LogP contribution is -2.28. The quantitative estimate of drug-likeness (QED) is 0.322. The van der Waals surface area contributed by atoms with Crippen LogP contribution in [-0.2, 0) is 9.53 Å². The molecule has 37 heavy (non-hydrogen) atoms. The van der Waals surface area contributed by atoms with Crippen LogP contribution >= 0.6 is 0 Å². The molecule has 4 heterocycles. The molecule has 0 radical (unpaired) electrons. The number of nitrogens with zero attached hydrogens (tertiary/aromatic N) is 4. The number of amides is 1. The van der Waals surface area contributed by atoms with Crippen molar-refractivity contribution in [2.75, 3.05) is 23.8 Å². The van der Waals surface area contributed by atoms with Crippen molar-refractivity contribution in [2.24, 2.45) is 5.92 Å². The van der Waals surface area contributed by atoms with E-state index in [4.69, 9.17) is 9.47 Å². The van der Waals surface area contributed by atoms with Gasteiger partial charge in [0, 0.05) is 60.5 Å². The van der Waals surface area contributed by atoms with Crippen LogP contribution in [0.15, 0.2) is 73.4 Å². The molecule has 0 spiro atoms. The zero-order valence-electron chi connectivity index (χ0n) is 20.3. The zero-order chi connectivity index (χ0) is 25.2. The summed E-state index contributed by atoms with van der Waals surface area (Å²) in [4.78, 5) is 25.9. The minimum Gasteiger partial charge on any atom is -0.457 e. The number of anilines is 3. The fourth-order valence-corrected chi connectivity index (χ4v) is 4.50. The summed E-state index contributed by atoms with van der Waals surface area (Å²) in [6.07, 6.45) is 8.58. The van der Waals surface area contributed by atoms with Crippen molar-refractivity contribution in [2.45, 2.75) is 19.8 Å². The third kappa shape index (κ3) is 4.94. The number of rotatable bonds is 6. The van der Waals surface area contributed by atoms with E-state index in [0.717, 1.165) is 57.8 Å². The maximum absolute atomic E-state index is 12.7. The largest absolute Gasteiger partial charge is 0.457 e. The number of nitrogens with one attached hydrogen (secondary N) is 2. The van der Waals surface area contributed by atoms with E-state index >= 15 is 0 Å². The van der Waals surface area contributed by atoms with Gasteiger partial charge in [-0.1, -0.05) is 0 Å². The van der Waals surface area contributed by atoms with Crippen molar-refractivity contribution in [3.63, 3.8) is 0 Å². The predicted molar refractivity (Wildman–Crippen MR) is 141 cm³/mol. The molecule has 0 saturated carbocycles. The number of fused-ring (bicyclic) bond motifs is 2. The Morgan fingerprint density at radius 1 is 1.00 bits per heavy atom. The van der Waals surface area contributed by atoms with Crippen LogP contribution < -0.4 is 15.4 Å². The lowest BCUT2D eigenvalue weighted by Gasteiger charge is -2.21. The van der Waals surface area contributed by atoms with E-state index in [0.29, 0.717) is 19.0 Å². The Kier molecular flexibility index (Phi) is 6.11. The number of imidazole rings is 1. The van der Waals surface area contributed by atoms with Crippen LogP contribution in [0.3, 0.4) is 0 Å². The highest BCUT2D eigenvalue weighted by Gasteiger charge is 2.21. The highest BCUT2D eigenvalue weighted by Crippen LogP contribution is 2.31. The fourth-order valence-electron chi connectivity index (χ4n) is 4.50. The van der Waals surface area contributed by atoms with Gasteiger partial charge in [-0.25, -0.2) is 15.0 Å². The average Bonchev–Trinajstić information content (AvgIpc) is 3.39. The summed E-state index contributed by atoms with van der Waals surface area (Å²) in [5.74, 6) is 2.13. The van der Waals surface area contributed by atoms with Crippen molar-refractivity contribution < 1.29 is 14.3 Å². The van der Waals surface area contributed by atoms with Gasteiger partial charge in [0.2, 0.25) is 5.91 Å². The molecule has 1 fully saturated rings. The summed E-state index contributed by atoms with van der Waals surface area (Å²) < 4.78 is 13.4. The minimum atomic E-state index is -0.0283. The average molecular weight is 495 g/mol. The third-order valence-electron chi connectivity index (χ3n) is 6.53. The Morgan fingerprint density at radius 2 is 1.86 bits per heavy atom. The molecular weight excluding hydrogens is 468 g/mol. The second kappa shape index (κ2) is 9.87. The number of aromatic nitrogens is 4. The molecule has 2 N–H and O–H groups in total. The number of hydrogen-bond donors (Lipinski definition) is 2. The molecule has 0 bridgehead atoms. The first kappa shape index (κ1) is 22.9. The molecule has 1 aliphatic rings. The highest BCUT2D eigenvalue weighted by atomic mass is 16.5. The van der Waals surface area contributed by atoms with Gasteiger partial charge in [-0.15, -0.1) is 0 Å². The van der Waals surface area contributed by atoms with Gasteiger partial charge in [0.05, 0.1) is 5.52 Å². The monoisotopic (exact) mass is 494 g/mol. The smallest absolute Gasteiger partial charge is 0.227 e. The zero-order valence-corrected chi connectivity index (χ0v) is 20.3. The van der Waals surface area contributed by atoms with E-state index in [2.05, 4.69) is 25.6 Å². The van der Waals surface area contributed by atoms with Gasteiger partial charge in [-0.05, 0) is 67.8 Å². The van der Waals surface area contributed by atoms with Crippen molar-refractivity contribution >= 4 is 39.6 Å². The maximum Gasteiger partial charge on any atom is 0.227 e. The molecule has 0 atom stereocenters. The fraction of sp³-hybridized carbons (Fsp3) is 0.214. The maximum atomic E-state index is 12.7. The van der Waals surface area contributed by atoms with Gasteiger partial charge in [0.25, 0.3) is 0 Å². The normalized spacial score (nSPS) is 14.1. The van der Waals surface area contributed by atoms with Crippen LogP contribution in [0.4, 0.5) is 17.2 Å². The number of aryl methyl sites for hydroxylation is 1. The number of ether oxygens (including phenoxy) is 2. The number of carbonyl (C=O) groups excluding carboxylic acids is 1. The van der Waals surface area contributed by atoms with Gasteiger partial charge in [-0.2, -0.15) is 0 Å². The Balaban J connectivity index is 1.21. The van der Waals surface area contributed by atoms with Crippen LogP contribution in [0.25, 0.3) is 16.6 Å². The first-order chi connectivity index (χ1) is 18.1. The van der Waals surface area contributed by atoms with E-state index in [9.17, 15) is 4.79 Å². The Morgan fingerprint density at radius 3 is 2.73 bits per heavy atom. The number of pyridine rings is 1. The number of benzene rings is 2. The standard InChI is InChI=1S/C28H26N6O3/c1-18-14-20(3-5-25(18)37-22-6-10-34-11-9-29-26(34)16-22)32-27-23-15-21(2-4-24(23)30-17-31-27)33-28(35)19-7-12-36-13-8-19/h2-6,9-11,14-17,19H,7-8,12-13H2,1H3,(H,33,35)(H,30,31,32). The lowest BCUT2D eigenvalue weighted by molar-refractivity contribution is -0.122. The Bertz CT molecular complexity index is 1590. The van der Waals surface area contributed by atoms with Gasteiger partial charge in [-0.3, -0.25) is 4.79 Å². The molecule has 9 heteroatoms. The molecule has 5 aromatic rings. The molecule has 6 rings (SSSR count). The molecule has 1 aliphatic heterocycles. The molecule has 1 amide bonds. The Labute approximate surface area is 213 Å². The Hall–Kier alpha value is -4.50. The van der Waals surface area contributed by atoms with Gasteiger partial charge in [0.15, 0.2) is 0 Å². The van der Waals surface area contributed by atoms with Gasteiger partial charge < -0.3 is 24.5 Å². The summed E-state index contributed by atoms with van der Waals surface area (Å²) in [7, 11) is 0. The van der Waals surface area contributed by atoms with Crippen LogP contribution in [-0.4, -0.2) is 38.5 Å². The van der Waals surface area contributed by atoms with Crippen LogP contribution in [0.1, 0.15) is 18.4 Å². The highest BCUT2D eigenvalue weighted by molar-refractivity contribution is 5.98. The van der Waals surface area contributed by atoms with Crippen molar-refractivity contribution in [1.29, 1.82) is 0 Å². The van der Waals surface area contributed by atoms with Crippen LogP contribution in [0.2, 0.25) is 0 Å². The second-order valence-corrected chi connectivity index (χ2v) is 9.09. The third-order valence-corrected chi connectivity index (χ3v) is 6.53.